The summed E-state index contributed by atoms with van der Waals surface area (Å²) in [5.74, 6) is -0.471. The van der Waals surface area contributed by atoms with Gasteiger partial charge in [0.2, 0.25) is 11.8 Å². The lowest BCUT2D eigenvalue weighted by atomic mass is 9.81. The second-order valence-corrected chi connectivity index (χ2v) is 5.80. The van der Waals surface area contributed by atoms with Crippen LogP contribution in [0, 0.1) is 5.41 Å². The van der Waals surface area contributed by atoms with Gasteiger partial charge in [0.05, 0.1) is 23.2 Å². The molecule has 8 heteroatoms. The van der Waals surface area contributed by atoms with Crippen molar-refractivity contribution in [3.05, 3.63) is 36.5 Å². The number of benzene rings is 1. The second kappa shape index (κ2) is 11.0. The molecule has 0 radical (unpaired) electrons. The van der Waals surface area contributed by atoms with Crippen LogP contribution in [0.4, 0.5) is 5.69 Å². The zero-order valence-corrected chi connectivity index (χ0v) is 16.6. The molecule has 0 fully saturated rings. The second-order valence-electron chi connectivity index (χ2n) is 5.80. The van der Waals surface area contributed by atoms with Gasteiger partial charge >= 0.3 is 0 Å². The topological polar surface area (TPSA) is 97.1 Å². The molecule has 2 rings (SSSR count). The number of aromatic nitrogens is 1. The summed E-state index contributed by atoms with van der Waals surface area (Å²) < 4.78 is 0. The van der Waals surface area contributed by atoms with Crippen LogP contribution < -0.4 is 16.4 Å². The van der Waals surface area contributed by atoms with Gasteiger partial charge in [-0.2, -0.15) is 0 Å². The van der Waals surface area contributed by atoms with Crippen LogP contribution in [-0.2, 0) is 9.59 Å². The van der Waals surface area contributed by atoms with Gasteiger partial charge < -0.3 is 16.4 Å². The highest BCUT2D eigenvalue weighted by Crippen LogP contribution is 2.25. The summed E-state index contributed by atoms with van der Waals surface area (Å²) in [7, 11) is 0. The number of rotatable bonds is 7. The maximum atomic E-state index is 12.3. The van der Waals surface area contributed by atoms with Gasteiger partial charge in [0.1, 0.15) is 0 Å². The van der Waals surface area contributed by atoms with E-state index in [4.69, 9.17) is 5.73 Å². The minimum Gasteiger partial charge on any atom is -0.347 e. The van der Waals surface area contributed by atoms with Crippen molar-refractivity contribution in [2.24, 2.45) is 11.1 Å². The molecule has 4 N–H and O–H groups in total. The molecule has 1 heterocycles. The molecule has 2 amide bonds. The molecule has 0 bridgehead atoms. The quantitative estimate of drug-likeness (QED) is 0.665. The van der Waals surface area contributed by atoms with E-state index in [0.29, 0.717) is 18.5 Å². The van der Waals surface area contributed by atoms with Gasteiger partial charge in [-0.05, 0) is 25.0 Å². The monoisotopic (exact) mass is 400 g/mol. The molecule has 0 aliphatic carbocycles. The van der Waals surface area contributed by atoms with Gasteiger partial charge in [0.25, 0.3) is 0 Å². The standard InChI is InChI=1S/C18H24N4O2.2ClH/c1-3-18(4-2,12-19)17(24)21-11-15(23)22-14-9-5-7-13-8-6-10-20-16(13)14;;/h5-10H,3-4,11-12,19H2,1-2H3,(H,21,24)(H,22,23);2*1H. The summed E-state index contributed by atoms with van der Waals surface area (Å²) in [6.45, 7) is 4.03. The Kier molecular flexibility index (Phi) is 10.2. The number of para-hydroxylation sites is 1. The SMILES string of the molecule is CCC(CC)(CN)C(=O)NCC(=O)Nc1cccc2cccnc12.Cl.Cl. The summed E-state index contributed by atoms with van der Waals surface area (Å²) in [6.07, 6.45) is 2.96. The van der Waals surface area contributed by atoms with E-state index >= 15 is 0 Å². The average Bonchev–Trinajstić information content (AvgIpc) is 2.62. The number of hydrogen-bond donors (Lipinski definition) is 3. The lowest BCUT2D eigenvalue weighted by Crippen LogP contribution is -2.47. The molecule has 0 saturated heterocycles. The maximum absolute atomic E-state index is 12.3. The number of carbonyl (C=O) groups is 2. The minimum absolute atomic E-state index is 0. The minimum atomic E-state index is -0.610. The maximum Gasteiger partial charge on any atom is 0.243 e. The third-order valence-corrected chi connectivity index (χ3v) is 4.54. The number of nitrogens with one attached hydrogen (secondary N) is 2. The van der Waals surface area contributed by atoms with Crippen molar-refractivity contribution in [3.8, 4) is 0 Å². The number of halogens is 2. The van der Waals surface area contributed by atoms with E-state index in [2.05, 4.69) is 15.6 Å². The van der Waals surface area contributed by atoms with E-state index in [1.807, 2.05) is 38.1 Å². The van der Waals surface area contributed by atoms with Crippen molar-refractivity contribution in [2.75, 3.05) is 18.4 Å². The lowest BCUT2D eigenvalue weighted by molar-refractivity contribution is -0.132. The number of pyridine rings is 1. The molecular formula is C18H26Cl2N4O2. The van der Waals surface area contributed by atoms with Gasteiger partial charge in [0.15, 0.2) is 0 Å². The predicted molar refractivity (Wildman–Crippen MR) is 110 cm³/mol. The van der Waals surface area contributed by atoms with Crippen LogP contribution >= 0.6 is 24.8 Å². The van der Waals surface area contributed by atoms with Crippen molar-refractivity contribution >= 4 is 53.2 Å². The first-order valence-electron chi connectivity index (χ1n) is 8.18. The molecule has 2 aromatic rings. The Morgan fingerprint density at radius 1 is 1.12 bits per heavy atom. The highest BCUT2D eigenvalue weighted by molar-refractivity contribution is 6.02. The van der Waals surface area contributed by atoms with Crippen LogP contribution in [0.15, 0.2) is 36.5 Å². The summed E-state index contributed by atoms with van der Waals surface area (Å²) in [5, 5.41) is 6.43. The van der Waals surface area contributed by atoms with Gasteiger partial charge in [-0.15, -0.1) is 24.8 Å². The number of anilines is 1. The van der Waals surface area contributed by atoms with Gasteiger partial charge in [-0.3, -0.25) is 14.6 Å². The highest BCUT2D eigenvalue weighted by atomic mass is 35.5. The van der Waals surface area contributed by atoms with Crippen LogP contribution in [0.2, 0.25) is 0 Å². The summed E-state index contributed by atoms with van der Waals surface area (Å²) >= 11 is 0. The van der Waals surface area contributed by atoms with Crippen molar-refractivity contribution in [2.45, 2.75) is 26.7 Å². The van der Waals surface area contributed by atoms with E-state index < -0.39 is 5.41 Å². The highest BCUT2D eigenvalue weighted by Gasteiger charge is 2.33. The van der Waals surface area contributed by atoms with E-state index in [-0.39, 0.29) is 49.7 Å². The zero-order valence-electron chi connectivity index (χ0n) is 15.0. The fourth-order valence-electron chi connectivity index (χ4n) is 2.70. The summed E-state index contributed by atoms with van der Waals surface area (Å²) in [5.41, 5.74) is 6.49. The van der Waals surface area contributed by atoms with Crippen molar-refractivity contribution in [3.63, 3.8) is 0 Å². The molecule has 0 spiro atoms. The molecule has 144 valence electrons. The molecule has 6 nitrogen and oxygen atoms in total. The number of fused-ring (bicyclic) bond motifs is 1. The fraction of sp³-hybridized carbons (Fsp3) is 0.389. The summed E-state index contributed by atoms with van der Waals surface area (Å²) in [4.78, 5) is 28.8. The summed E-state index contributed by atoms with van der Waals surface area (Å²) in [6, 6.07) is 9.34. The van der Waals surface area contributed by atoms with Crippen molar-refractivity contribution < 1.29 is 9.59 Å². The van der Waals surface area contributed by atoms with Crippen LogP contribution in [-0.4, -0.2) is 29.9 Å². The molecule has 1 aromatic carbocycles. The third kappa shape index (κ3) is 5.30. The van der Waals surface area contributed by atoms with Crippen molar-refractivity contribution in [1.29, 1.82) is 0 Å². The third-order valence-electron chi connectivity index (χ3n) is 4.54. The Morgan fingerprint density at radius 3 is 2.38 bits per heavy atom. The number of nitrogens with zero attached hydrogens (tertiary/aromatic N) is 1. The smallest absolute Gasteiger partial charge is 0.243 e. The van der Waals surface area contributed by atoms with Gasteiger partial charge in [-0.25, -0.2) is 0 Å². The van der Waals surface area contributed by atoms with E-state index in [9.17, 15) is 9.59 Å². The Morgan fingerprint density at radius 2 is 1.77 bits per heavy atom. The Hall–Kier alpha value is -1.89. The molecule has 1 aromatic heterocycles. The first-order valence-corrected chi connectivity index (χ1v) is 8.18. The largest absolute Gasteiger partial charge is 0.347 e. The number of amides is 2. The average molecular weight is 401 g/mol. The number of hydrogen-bond acceptors (Lipinski definition) is 4. The molecule has 0 unspecified atom stereocenters. The van der Waals surface area contributed by atoms with Gasteiger partial charge in [-0.1, -0.05) is 32.0 Å². The molecule has 0 aliphatic rings. The van der Waals surface area contributed by atoms with Crippen LogP contribution in [0.1, 0.15) is 26.7 Å². The molecular weight excluding hydrogens is 375 g/mol. The molecule has 26 heavy (non-hydrogen) atoms. The van der Waals surface area contributed by atoms with E-state index in [1.54, 1.807) is 12.3 Å². The Labute approximate surface area is 166 Å². The normalized spacial score (nSPS) is 10.4. The Bertz CT molecular complexity index is 722. The molecule has 0 saturated carbocycles. The van der Waals surface area contributed by atoms with Gasteiger partial charge in [0, 0.05) is 18.1 Å². The zero-order chi connectivity index (χ0) is 17.6. The van der Waals surface area contributed by atoms with E-state index in [1.165, 1.54) is 0 Å². The predicted octanol–water partition coefficient (Wildman–Crippen LogP) is 2.90. The fourth-order valence-corrected chi connectivity index (χ4v) is 2.70. The van der Waals surface area contributed by atoms with Crippen molar-refractivity contribution in [1.82, 2.24) is 10.3 Å². The van der Waals surface area contributed by atoms with Crippen LogP contribution in [0.3, 0.4) is 0 Å². The Balaban J connectivity index is 0.00000312. The van der Waals surface area contributed by atoms with Crippen LogP contribution in [0.5, 0.6) is 0 Å². The lowest BCUT2D eigenvalue weighted by Gasteiger charge is -2.28. The van der Waals surface area contributed by atoms with E-state index in [0.717, 1.165) is 10.9 Å². The van der Waals surface area contributed by atoms with Crippen LogP contribution in [0.25, 0.3) is 10.9 Å². The first kappa shape index (κ1) is 24.1. The number of carbonyl (C=O) groups excluding carboxylic acids is 2. The molecule has 0 aliphatic heterocycles. The first-order chi connectivity index (χ1) is 11.6. The number of nitrogens with two attached hydrogens (primary N) is 1. The molecule has 0 atom stereocenters.